The predicted molar refractivity (Wildman–Crippen MR) is 87.2 cm³/mol. The molecule has 2 rings (SSSR count). The minimum atomic E-state index is -0.586. The first-order valence-electron chi connectivity index (χ1n) is 8.10. The first-order chi connectivity index (χ1) is 10.5. The van der Waals surface area contributed by atoms with Crippen molar-refractivity contribution in [2.24, 2.45) is 5.41 Å². The largest absolute Gasteiger partial charge is 0.341 e. The van der Waals surface area contributed by atoms with Gasteiger partial charge in [0.25, 0.3) is 0 Å². The highest BCUT2D eigenvalue weighted by molar-refractivity contribution is 5.90. The van der Waals surface area contributed by atoms with Gasteiger partial charge in [0.05, 0.1) is 0 Å². The van der Waals surface area contributed by atoms with Crippen LogP contribution in [0.2, 0.25) is 0 Å². The first-order valence-corrected chi connectivity index (χ1v) is 8.10. The number of hydrogen-bond acceptors (Lipinski definition) is 2. The molecule has 1 aromatic carbocycles. The molecule has 1 atom stereocenters. The SMILES string of the molecule is CCC(C)(C)C(=O)N[C@H](C(=O)N1CCCC1)c1ccccc1. The molecule has 4 heteroatoms. The maximum absolute atomic E-state index is 12.8. The molecular formula is C18H26N2O2. The van der Waals surface area contributed by atoms with Gasteiger partial charge in [-0.15, -0.1) is 0 Å². The summed E-state index contributed by atoms with van der Waals surface area (Å²) < 4.78 is 0. The van der Waals surface area contributed by atoms with Crippen LogP contribution in [0.4, 0.5) is 0 Å². The molecule has 0 aliphatic carbocycles. The third kappa shape index (κ3) is 3.67. The second kappa shape index (κ2) is 6.95. The molecule has 4 nitrogen and oxygen atoms in total. The summed E-state index contributed by atoms with van der Waals surface area (Å²) in [5.74, 6) is -0.0691. The summed E-state index contributed by atoms with van der Waals surface area (Å²) in [6.45, 7) is 7.37. The Labute approximate surface area is 132 Å². The van der Waals surface area contributed by atoms with Gasteiger partial charge in [-0.05, 0) is 24.8 Å². The second-order valence-corrected chi connectivity index (χ2v) is 6.59. The van der Waals surface area contributed by atoms with Crippen LogP contribution in [0, 0.1) is 5.41 Å². The van der Waals surface area contributed by atoms with E-state index in [1.165, 1.54) is 0 Å². The van der Waals surface area contributed by atoms with Crippen LogP contribution in [0.15, 0.2) is 30.3 Å². The second-order valence-electron chi connectivity index (χ2n) is 6.59. The normalized spacial score (nSPS) is 16.4. The van der Waals surface area contributed by atoms with Crippen LogP contribution in [0.3, 0.4) is 0 Å². The molecule has 0 unspecified atom stereocenters. The van der Waals surface area contributed by atoms with Crippen molar-refractivity contribution in [1.82, 2.24) is 10.2 Å². The van der Waals surface area contributed by atoms with Gasteiger partial charge in [0.2, 0.25) is 11.8 Å². The predicted octanol–water partition coefficient (Wildman–Crippen LogP) is 2.90. The number of carbonyl (C=O) groups excluding carboxylic acids is 2. The van der Waals surface area contributed by atoms with Crippen LogP contribution in [0.1, 0.15) is 51.6 Å². The minimum Gasteiger partial charge on any atom is -0.341 e. The van der Waals surface area contributed by atoms with Gasteiger partial charge in [-0.3, -0.25) is 9.59 Å². The lowest BCUT2D eigenvalue weighted by Gasteiger charge is -2.28. The van der Waals surface area contributed by atoms with Crippen LogP contribution >= 0.6 is 0 Å². The number of hydrogen-bond donors (Lipinski definition) is 1. The zero-order valence-electron chi connectivity index (χ0n) is 13.8. The molecule has 0 radical (unpaired) electrons. The van der Waals surface area contributed by atoms with E-state index < -0.39 is 11.5 Å². The highest BCUT2D eigenvalue weighted by Crippen LogP contribution is 2.24. The Hall–Kier alpha value is -1.84. The first kappa shape index (κ1) is 16.5. The van der Waals surface area contributed by atoms with E-state index in [4.69, 9.17) is 0 Å². The third-order valence-corrected chi connectivity index (χ3v) is 4.57. The highest BCUT2D eigenvalue weighted by atomic mass is 16.2. The quantitative estimate of drug-likeness (QED) is 0.909. The van der Waals surface area contributed by atoms with Crippen LogP contribution < -0.4 is 5.32 Å². The van der Waals surface area contributed by atoms with Gasteiger partial charge in [-0.1, -0.05) is 51.1 Å². The van der Waals surface area contributed by atoms with E-state index in [0.717, 1.165) is 37.9 Å². The van der Waals surface area contributed by atoms with Gasteiger partial charge < -0.3 is 10.2 Å². The van der Waals surface area contributed by atoms with E-state index in [0.29, 0.717) is 0 Å². The monoisotopic (exact) mass is 302 g/mol. The highest BCUT2D eigenvalue weighted by Gasteiger charge is 2.33. The van der Waals surface area contributed by atoms with Gasteiger partial charge in [0.1, 0.15) is 6.04 Å². The molecule has 1 saturated heterocycles. The molecule has 0 bridgehead atoms. The van der Waals surface area contributed by atoms with Crippen molar-refractivity contribution < 1.29 is 9.59 Å². The molecule has 120 valence electrons. The molecule has 22 heavy (non-hydrogen) atoms. The topological polar surface area (TPSA) is 49.4 Å². The number of amides is 2. The summed E-state index contributed by atoms with van der Waals surface area (Å²) in [7, 11) is 0. The van der Waals surface area contributed by atoms with Crippen molar-refractivity contribution in [3.63, 3.8) is 0 Å². The molecule has 2 amide bonds. The van der Waals surface area contributed by atoms with E-state index >= 15 is 0 Å². The Balaban J connectivity index is 2.22. The maximum atomic E-state index is 12.8. The summed E-state index contributed by atoms with van der Waals surface area (Å²) in [5.41, 5.74) is 0.373. The fourth-order valence-corrected chi connectivity index (χ4v) is 2.54. The number of nitrogens with one attached hydrogen (secondary N) is 1. The van der Waals surface area contributed by atoms with Crippen molar-refractivity contribution in [3.05, 3.63) is 35.9 Å². The Morgan fingerprint density at radius 2 is 1.77 bits per heavy atom. The van der Waals surface area contributed by atoms with Gasteiger partial charge >= 0.3 is 0 Å². The van der Waals surface area contributed by atoms with Crippen molar-refractivity contribution in [2.75, 3.05) is 13.1 Å². The third-order valence-electron chi connectivity index (χ3n) is 4.57. The summed E-state index contributed by atoms with van der Waals surface area (Å²) >= 11 is 0. The Bertz CT molecular complexity index is 519. The van der Waals surface area contributed by atoms with Crippen molar-refractivity contribution in [2.45, 2.75) is 46.1 Å². The minimum absolute atomic E-state index is 0.00366. The average Bonchev–Trinajstić information content (AvgIpc) is 3.07. The van der Waals surface area contributed by atoms with Crippen molar-refractivity contribution >= 4 is 11.8 Å². The average molecular weight is 302 g/mol. The molecule has 0 saturated carbocycles. The Kier molecular flexibility index (Phi) is 5.22. The molecule has 1 aliphatic heterocycles. The summed E-state index contributed by atoms with van der Waals surface area (Å²) in [6.07, 6.45) is 2.82. The number of nitrogens with zero attached hydrogens (tertiary/aromatic N) is 1. The zero-order valence-corrected chi connectivity index (χ0v) is 13.8. The lowest BCUT2D eigenvalue weighted by atomic mass is 9.88. The zero-order chi connectivity index (χ0) is 16.2. The molecule has 1 fully saturated rings. The van der Waals surface area contributed by atoms with Crippen LogP contribution in [-0.4, -0.2) is 29.8 Å². The maximum Gasteiger partial charge on any atom is 0.249 e. The smallest absolute Gasteiger partial charge is 0.249 e. The lowest BCUT2D eigenvalue weighted by Crippen LogP contribution is -2.45. The standard InChI is InChI=1S/C18H26N2O2/c1-4-18(2,3)17(22)19-15(14-10-6-5-7-11-14)16(21)20-12-8-9-13-20/h5-7,10-11,15H,4,8-9,12-13H2,1-3H3,(H,19,22)/t15-/m0/s1. The number of benzene rings is 1. The van der Waals surface area contributed by atoms with Crippen molar-refractivity contribution in [1.29, 1.82) is 0 Å². The van der Waals surface area contributed by atoms with E-state index in [1.807, 2.05) is 56.0 Å². The summed E-state index contributed by atoms with van der Waals surface area (Å²) in [6, 6.07) is 8.93. The van der Waals surface area contributed by atoms with E-state index in [-0.39, 0.29) is 11.8 Å². The van der Waals surface area contributed by atoms with Gasteiger partial charge in [-0.25, -0.2) is 0 Å². The number of likely N-dealkylation sites (tertiary alicyclic amines) is 1. The van der Waals surface area contributed by atoms with Crippen LogP contribution in [-0.2, 0) is 9.59 Å². The van der Waals surface area contributed by atoms with Gasteiger partial charge in [0.15, 0.2) is 0 Å². The summed E-state index contributed by atoms with van der Waals surface area (Å²) in [4.78, 5) is 27.2. The molecule has 1 aromatic rings. The van der Waals surface area contributed by atoms with Crippen molar-refractivity contribution in [3.8, 4) is 0 Å². The molecule has 1 aliphatic rings. The molecule has 1 heterocycles. The van der Waals surface area contributed by atoms with Gasteiger partial charge in [-0.2, -0.15) is 0 Å². The van der Waals surface area contributed by atoms with E-state index in [1.54, 1.807) is 0 Å². The fourth-order valence-electron chi connectivity index (χ4n) is 2.54. The summed E-state index contributed by atoms with van der Waals surface area (Å²) in [5, 5.41) is 2.97. The van der Waals surface area contributed by atoms with E-state index in [2.05, 4.69) is 5.32 Å². The van der Waals surface area contributed by atoms with Gasteiger partial charge in [0, 0.05) is 18.5 Å². The lowest BCUT2D eigenvalue weighted by molar-refractivity contribution is -0.138. The van der Waals surface area contributed by atoms with E-state index in [9.17, 15) is 9.59 Å². The number of rotatable bonds is 5. The van der Waals surface area contributed by atoms with Crippen LogP contribution in [0.25, 0.3) is 0 Å². The molecule has 1 N–H and O–H groups in total. The number of carbonyl (C=O) groups is 2. The molecular weight excluding hydrogens is 276 g/mol. The Morgan fingerprint density at radius 1 is 1.18 bits per heavy atom. The Morgan fingerprint density at radius 3 is 2.32 bits per heavy atom. The molecule has 0 aromatic heterocycles. The van der Waals surface area contributed by atoms with Crippen LogP contribution in [0.5, 0.6) is 0 Å². The fraction of sp³-hybridized carbons (Fsp3) is 0.556. The molecule has 0 spiro atoms.